The number of hydrogen-bond donors (Lipinski definition) is 1. The number of non-ortho nitro benzene ring substituents is 1. The van der Waals surface area contributed by atoms with Crippen molar-refractivity contribution < 1.29 is 18.1 Å². The lowest BCUT2D eigenvalue weighted by atomic mass is 10.2. The van der Waals surface area contributed by atoms with Crippen LogP contribution in [0.1, 0.15) is 5.56 Å². The molecule has 2 aromatic carbocycles. The first-order valence-corrected chi connectivity index (χ1v) is 10.5. The number of hydrogen-bond acceptors (Lipinski definition) is 6. The molecule has 1 N–H and O–H groups in total. The van der Waals surface area contributed by atoms with Crippen LogP contribution in [0.2, 0.25) is 10.0 Å². The zero-order valence-electron chi connectivity index (χ0n) is 14.6. The number of anilines is 1. The van der Waals surface area contributed by atoms with Gasteiger partial charge >= 0.3 is 0 Å². The number of halogens is 2. The van der Waals surface area contributed by atoms with Gasteiger partial charge in [-0.1, -0.05) is 29.3 Å². The van der Waals surface area contributed by atoms with Gasteiger partial charge in [-0.3, -0.25) is 10.1 Å². The molecule has 0 radical (unpaired) electrons. The van der Waals surface area contributed by atoms with Crippen LogP contribution in [0.5, 0.6) is 0 Å². The lowest BCUT2D eigenvalue weighted by Gasteiger charge is -2.27. The summed E-state index contributed by atoms with van der Waals surface area (Å²) in [7, 11) is -3.94. The van der Waals surface area contributed by atoms with Crippen molar-refractivity contribution in [1.29, 1.82) is 0 Å². The van der Waals surface area contributed by atoms with Crippen LogP contribution in [0.25, 0.3) is 0 Å². The van der Waals surface area contributed by atoms with E-state index in [1.807, 2.05) is 0 Å². The first-order valence-electron chi connectivity index (χ1n) is 8.33. The fraction of sp³-hybridized carbons (Fsp3) is 0.294. The minimum Gasteiger partial charge on any atom is -0.380 e. The Morgan fingerprint density at radius 2 is 1.86 bits per heavy atom. The Hall–Kier alpha value is -1.91. The Labute approximate surface area is 172 Å². The molecule has 150 valence electrons. The quantitative estimate of drug-likeness (QED) is 0.538. The van der Waals surface area contributed by atoms with Gasteiger partial charge in [0, 0.05) is 41.8 Å². The summed E-state index contributed by atoms with van der Waals surface area (Å²) < 4.78 is 32.6. The summed E-state index contributed by atoms with van der Waals surface area (Å²) in [6, 6.07) is 8.68. The molecule has 28 heavy (non-hydrogen) atoms. The minimum absolute atomic E-state index is 0.159. The molecule has 0 aromatic heterocycles. The van der Waals surface area contributed by atoms with Crippen LogP contribution >= 0.6 is 23.2 Å². The molecule has 0 unspecified atom stereocenters. The maximum absolute atomic E-state index is 13.1. The van der Waals surface area contributed by atoms with E-state index >= 15 is 0 Å². The van der Waals surface area contributed by atoms with Gasteiger partial charge in [-0.05, 0) is 23.8 Å². The highest BCUT2D eigenvalue weighted by molar-refractivity contribution is 7.89. The third-order valence-electron chi connectivity index (χ3n) is 4.25. The largest absolute Gasteiger partial charge is 0.380 e. The summed E-state index contributed by atoms with van der Waals surface area (Å²) in [6.45, 7) is 1.15. The van der Waals surface area contributed by atoms with E-state index in [-0.39, 0.29) is 49.1 Å². The fourth-order valence-electron chi connectivity index (χ4n) is 2.77. The van der Waals surface area contributed by atoms with Crippen LogP contribution < -0.4 is 5.32 Å². The monoisotopic (exact) mass is 445 g/mol. The second-order valence-electron chi connectivity index (χ2n) is 6.04. The molecule has 8 nitrogen and oxygen atoms in total. The van der Waals surface area contributed by atoms with Crippen molar-refractivity contribution in [3.05, 3.63) is 62.1 Å². The molecule has 1 saturated heterocycles. The highest BCUT2D eigenvalue weighted by atomic mass is 35.5. The van der Waals surface area contributed by atoms with E-state index in [0.717, 1.165) is 6.07 Å². The molecule has 1 aliphatic rings. The van der Waals surface area contributed by atoms with Gasteiger partial charge in [-0.25, -0.2) is 8.42 Å². The maximum atomic E-state index is 13.1. The van der Waals surface area contributed by atoms with Crippen molar-refractivity contribution in [3.63, 3.8) is 0 Å². The molecule has 3 rings (SSSR count). The Bertz CT molecular complexity index is 994. The van der Waals surface area contributed by atoms with Crippen molar-refractivity contribution in [2.75, 3.05) is 31.6 Å². The summed E-state index contributed by atoms with van der Waals surface area (Å²) in [6.07, 6.45) is 0. The summed E-state index contributed by atoms with van der Waals surface area (Å²) in [5.41, 5.74) is 0.657. The minimum atomic E-state index is -3.94. The Balaban J connectivity index is 1.95. The van der Waals surface area contributed by atoms with E-state index in [9.17, 15) is 18.5 Å². The van der Waals surface area contributed by atoms with Gasteiger partial charge in [-0.2, -0.15) is 4.31 Å². The smallest absolute Gasteiger partial charge is 0.270 e. The van der Waals surface area contributed by atoms with Gasteiger partial charge in [0.25, 0.3) is 5.69 Å². The molecular weight excluding hydrogens is 429 g/mol. The Morgan fingerprint density at radius 1 is 1.14 bits per heavy atom. The van der Waals surface area contributed by atoms with Gasteiger partial charge in [-0.15, -0.1) is 0 Å². The number of rotatable bonds is 6. The number of morpholine rings is 1. The summed E-state index contributed by atoms with van der Waals surface area (Å²) in [4.78, 5) is 10.4. The molecule has 1 fully saturated rings. The second-order valence-corrected chi connectivity index (χ2v) is 8.79. The third-order valence-corrected chi connectivity index (χ3v) is 6.77. The Kier molecular flexibility index (Phi) is 6.41. The van der Waals surface area contributed by atoms with Gasteiger partial charge < -0.3 is 10.1 Å². The lowest BCUT2D eigenvalue weighted by Crippen LogP contribution is -2.40. The van der Waals surface area contributed by atoms with Crippen LogP contribution in [-0.2, 0) is 21.3 Å². The molecule has 2 aromatic rings. The summed E-state index contributed by atoms with van der Waals surface area (Å²) >= 11 is 12.0. The number of ether oxygens (including phenoxy) is 1. The molecule has 0 bridgehead atoms. The summed E-state index contributed by atoms with van der Waals surface area (Å²) in [5.74, 6) is 0. The molecule has 0 saturated carbocycles. The van der Waals surface area contributed by atoms with Crippen LogP contribution in [0.15, 0.2) is 41.3 Å². The van der Waals surface area contributed by atoms with Crippen molar-refractivity contribution in [2.45, 2.75) is 11.4 Å². The Morgan fingerprint density at radius 3 is 2.50 bits per heavy atom. The second kappa shape index (κ2) is 8.62. The average molecular weight is 446 g/mol. The molecule has 1 heterocycles. The zero-order chi connectivity index (χ0) is 20.3. The SMILES string of the molecule is O=[N+]([O-])c1ccc(NCc2ccc(Cl)cc2Cl)c(S(=O)(=O)N2CCOCC2)c1. The van der Waals surface area contributed by atoms with Gasteiger partial charge in [0.1, 0.15) is 4.90 Å². The van der Waals surface area contributed by atoms with Crippen LogP contribution in [0, 0.1) is 10.1 Å². The van der Waals surface area contributed by atoms with E-state index < -0.39 is 14.9 Å². The molecule has 0 aliphatic carbocycles. The molecule has 1 aliphatic heterocycles. The zero-order valence-corrected chi connectivity index (χ0v) is 16.9. The standard InChI is InChI=1S/C17H17Cl2N3O5S/c18-13-2-1-12(15(19)9-13)11-20-16-4-3-14(22(23)24)10-17(16)28(25,26)21-5-7-27-8-6-21/h1-4,9-10,20H,5-8,11H2. The number of sulfonamides is 1. The molecular formula is C17H17Cl2N3O5S. The lowest BCUT2D eigenvalue weighted by molar-refractivity contribution is -0.385. The van der Waals surface area contributed by atoms with Crippen molar-refractivity contribution in [1.82, 2.24) is 4.31 Å². The van der Waals surface area contributed by atoms with E-state index in [4.69, 9.17) is 27.9 Å². The molecule has 0 spiro atoms. The number of nitro groups is 1. The van der Waals surface area contributed by atoms with Crippen LogP contribution in [0.4, 0.5) is 11.4 Å². The van der Waals surface area contributed by atoms with E-state index in [1.54, 1.807) is 18.2 Å². The van der Waals surface area contributed by atoms with E-state index in [0.29, 0.717) is 15.6 Å². The van der Waals surface area contributed by atoms with Gasteiger partial charge in [0.2, 0.25) is 10.0 Å². The topological polar surface area (TPSA) is 102 Å². The van der Waals surface area contributed by atoms with Crippen LogP contribution in [0.3, 0.4) is 0 Å². The van der Waals surface area contributed by atoms with Crippen LogP contribution in [-0.4, -0.2) is 43.9 Å². The number of nitrogens with one attached hydrogen (secondary N) is 1. The van der Waals surface area contributed by atoms with Crippen molar-refractivity contribution >= 4 is 44.6 Å². The van der Waals surface area contributed by atoms with E-state index in [1.165, 1.54) is 16.4 Å². The number of nitro benzene ring substituents is 1. The highest BCUT2D eigenvalue weighted by Crippen LogP contribution is 2.30. The maximum Gasteiger partial charge on any atom is 0.270 e. The fourth-order valence-corrected chi connectivity index (χ4v) is 4.84. The number of benzene rings is 2. The first-order chi connectivity index (χ1) is 13.3. The van der Waals surface area contributed by atoms with Gasteiger partial charge in [0.15, 0.2) is 0 Å². The summed E-state index contributed by atoms with van der Waals surface area (Å²) in [5, 5.41) is 15.1. The molecule has 11 heteroatoms. The van der Waals surface area contributed by atoms with Crippen molar-refractivity contribution in [3.8, 4) is 0 Å². The highest BCUT2D eigenvalue weighted by Gasteiger charge is 2.30. The third kappa shape index (κ3) is 4.56. The van der Waals surface area contributed by atoms with E-state index in [2.05, 4.69) is 5.32 Å². The predicted octanol–water partition coefficient (Wildman–Crippen LogP) is 3.53. The first kappa shape index (κ1) is 20.8. The van der Waals surface area contributed by atoms with Crippen molar-refractivity contribution in [2.24, 2.45) is 0 Å². The number of nitrogens with zero attached hydrogens (tertiary/aromatic N) is 2. The normalized spacial score (nSPS) is 15.4. The predicted molar refractivity (Wildman–Crippen MR) is 106 cm³/mol. The molecule has 0 atom stereocenters. The average Bonchev–Trinajstić information content (AvgIpc) is 2.68. The molecule has 0 amide bonds. The van der Waals surface area contributed by atoms with Gasteiger partial charge in [0.05, 0.1) is 23.8 Å².